The Morgan fingerprint density at radius 2 is 2.53 bits per heavy atom. The van der Waals surface area contributed by atoms with E-state index in [2.05, 4.69) is 31.8 Å². The first-order valence-electron chi connectivity index (χ1n) is 3.86. The Bertz CT molecular complexity index is 487. The maximum Gasteiger partial charge on any atom is 0.356 e. The van der Waals surface area contributed by atoms with Crippen LogP contribution in [-0.2, 0) is 0 Å². The van der Waals surface area contributed by atoms with E-state index >= 15 is 0 Å². The highest BCUT2D eigenvalue weighted by Crippen LogP contribution is 2.12. The molecule has 1 rings (SSSR count). The van der Waals surface area contributed by atoms with E-state index in [4.69, 9.17) is 5.53 Å². The molecule has 8 nitrogen and oxygen atoms in total. The van der Waals surface area contributed by atoms with Gasteiger partial charge in [0.25, 0.3) is 0 Å². The van der Waals surface area contributed by atoms with Crippen LogP contribution in [0.1, 0.15) is 11.5 Å². The van der Waals surface area contributed by atoms with E-state index in [0.29, 0.717) is 5.82 Å². The Labute approximate surface area is 84.1 Å². The molecule has 0 fully saturated rings. The number of azide groups is 1. The van der Waals surface area contributed by atoms with Gasteiger partial charge in [0, 0.05) is 11.8 Å². The highest BCUT2D eigenvalue weighted by molar-refractivity contribution is 5.42. The molecule has 0 amide bonds. The van der Waals surface area contributed by atoms with Crippen LogP contribution in [0.3, 0.4) is 0 Å². The van der Waals surface area contributed by atoms with Crippen molar-refractivity contribution in [2.24, 2.45) is 5.11 Å². The summed E-state index contributed by atoms with van der Waals surface area (Å²) in [5, 5.41) is 13.7. The minimum Gasteiger partial charge on any atom is -0.358 e. The molecule has 0 saturated carbocycles. The maximum atomic E-state index is 10.5. The molecule has 76 valence electrons. The summed E-state index contributed by atoms with van der Waals surface area (Å²) in [5.41, 5.74) is 8.02. The zero-order valence-corrected chi connectivity index (χ0v) is 7.76. The third kappa shape index (κ3) is 2.72. The number of aromatic nitrogens is 2. The molecule has 1 N–H and O–H groups in total. The van der Waals surface area contributed by atoms with Gasteiger partial charge >= 0.3 is 5.82 Å². The lowest BCUT2D eigenvalue weighted by Crippen LogP contribution is -1.90. The molecule has 0 aliphatic rings. The van der Waals surface area contributed by atoms with E-state index in [1.807, 2.05) is 0 Å². The van der Waals surface area contributed by atoms with E-state index < -0.39 is 4.92 Å². The fourth-order valence-corrected chi connectivity index (χ4v) is 0.889. The van der Waals surface area contributed by atoms with Gasteiger partial charge in [-0.05, 0) is 16.4 Å². The van der Waals surface area contributed by atoms with Crippen molar-refractivity contribution in [3.05, 3.63) is 32.1 Å². The van der Waals surface area contributed by atoms with Gasteiger partial charge in [0.1, 0.15) is 0 Å². The number of rotatable bonds is 2. The van der Waals surface area contributed by atoms with Crippen LogP contribution in [0.25, 0.3) is 10.4 Å². The van der Waals surface area contributed by atoms with E-state index in [0.717, 1.165) is 0 Å². The van der Waals surface area contributed by atoms with Crippen molar-refractivity contribution in [2.45, 2.75) is 6.92 Å². The van der Waals surface area contributed by atoms with Crippen LogP contribution in [0, 0.1) is 28.9 Å². The summed E-state index contributed by atoms with van der Waals surface area (Å²) >= 11 is 0. The van der Waals surface area contributed by atoms with Gasteiger partial charge in [0.15, 0.2) is 5.82 Å². The molecular weight excluding hydrogens is 200 g/mol. The molecule has 0 radical (unpaired) electrons. The Hall–Kier alpha value is -2.52. The molecule has 0 aliphatic heterocycles. The van der Waals surface area contributed by atoms with E-state index in [1.165, 1.54) is 0 Å². The lowest BCUT2D eigenvalue weighted by molar-refractivity contribution is -0.389. The molecule has 0 aliphatic carbocycles. The Kier molecular flexibility index (Phi) is 3.27. The van der Waals surface area contributed by atoms with Gasteiger partial charge in [-0.1, -0.05) is 11.0 Å². The number of imidazole rings is 1. The molecular formula is C7H6N6O2. The summed E-state index contributed by atoms with van der Waals surface area (Å²) in [7, 11) is 0. The van der Waals surface area contributed by atoms with E-state index in [1.54, 1.807) is 6.92 Å². The second-order valence-electron chi connectivity index (χ2n) is 2.47. The van der Waals surface area contributed by atoms with Gasteiger partial charge in [-0.3, -0.25) is 0 Å². The van der Waals surface area contributed by atoms with Crippen LogP contribution < -0.4 is 0 Å². The standard InChI is InChI=1S/C7H6N6O2/c1-5-10-6(3-2-4-9-12-8)7(11-5)13(14)15/h4H2,1H3,(H,10,11). The summed E-state index contributed by atoms with van der Waals surface area (Å²) in [6.45, 7) is 1.55. The molecule has 0 bridgehead atoms. The summed E-state index contributed by atoms with van der Waals surface area (Å²) in [6, 6.07) is 0. The zero-order chi connectivity index (χ0) is 11.3. The number of nitrogens with one attached hydrogen (secondary N) is 1. The van der Waals surface area contributed by atoms with Gasteiger partial charge in [-0.15, -0.1) is 0 Å². The number of hydrogen-bond donors (Lipinski definition) is 1. The fraction of sp³-hybridized carbons (Fsp3) is 0.286. The van der Waals surface area contributed by atoms with Crippen molar-refractivity contribution in [3.8, 4) is 11.8 Å². The first-order valence-corrected chi connectivity index (χ1v) is 3.86. The smallest absolute Gasteiger partial charge is 0.356 e. The van der Waals surface area contributed by atoms with Gasteiger partial charge < -0.3 is 10.1 Å². The van der Waals surface area contributed by atoms with Crippen LogP contribution in [0.2, 0.25) is 0 Å². The van der Waals surface area contributed by atoms with Crippen LogP contribution in [0.4, 0.5) is 5.82 Å². The lowest BCUT2D eigenvalue weighted by atomic mass is 10.4. The highest BCUT2D eigenvalue weighted by Gasteiger charge is 2.15. The minimum absolute atomic E-state index is 0.0421. The highest BCUT2D eigenvalue weighted by atomic mass is 16.6. The minimum atomic E-state index is -0.600. The van der Waals surface area contributed by atoms with Gasteiger partial charge in [-0.2, -0.15) is 4.98 Å². The largest absolute Gasteiger partial charge is 0.358 e. The molecule has 0 aromatic carbocycles. The molecule has 0 atom stereocenters. The Morgan fingerprint density at radius 3 is 3.13 bits per heavy atom. The van der Waals surface area contributed by atoms with Crippen LogP contribution in [0.5, 0.6) is 0 Å². The predicted molar refractivity (Wildman–Crippen MR) is 50.9 cm³/mol. The molecule has 0 unspecified atom stereocenters. The number of nitrogens with zero attached hydrogens (tertiary/aromatic N) is 5. The van der Waals surface area contributed by atoms with Crippen molar-refractivity contribution in [3.63, 3.8) is 0 Å². The summed E-state index contributed by atoms with van der Waals surface area (Å²) < 4.78 is 0. The van der Waals surface area contributed by atoms with Crippen LogP contribution >= 0.6 is 0 Å². The second kappa shape index (κ2) is 4.64. The maximum absolute atomic E-state index is 10.5. The third-order valence-electron chi connectivity index (χ3n) is 1.41. The average molecular weight is 206 g/mol. The molecule has 8 heteroatoms. The molecule has 15 heavy (non-hydrogen) atoms. The van der Waals surface area contributed by atoms with Gasteiger partial charge in [0.2, 0.25) is 5.69 Å². The number of hydrogen-bond acceptors (Lipinski definition) is 4. The first-order chi connectivity index (χ1) is 7.15. The summed E-state index contributed by atoms with van der Waals surface area (Å²) in [5.74, 6) is 5.07. The molecule has 0 spiro atoms. The van der Waals surface area contributed by atoms with Gasteiger partial charge in [0.05, 0.1) is 6.54 Å². The fourth-order valence-electron chi connectivity index (χ4n) is 0.889. The summed E-state index contributed by atoms with van der Waals surface area (Å²) in [6.07, 6.45) is 0. The van der Waals surface area contributed by atoms with Crippen LogP contribution in [-0.4, -0.2) is 21.4 Å². The quantitative estimate of drug-likeness (QED) is 0.196. The number of H-pyrrole nitrogens is 1. The van der Waals surface area contributed by atoms with E-state index in [-0.39, 0.29) is 18.1 Å². The Balaban J connectivity index is 2.96. The van der Waals surface area contributed by atoms with Crippen molar-refractivity contribution >= 4 is 5.82 Å². The van der Waals surface area contributed by atoms with Crippen molar-refractivity contribution in [1.29, 1.82) is 0 Å². The number of aromatic amines is 1. The average Bonchev–Trinajstić information content (AvgIpc) is 2.55. The molecule has 0 saturated heterocycles. The monoisotopic (exact) mass is 206 g/mol. The zero-order valence-electron chi connectivity index (χ0n) is 7.76. The first kappa shape index (κ1) is 10.6. The molecule has 1 aromatic rings. The number of nitro groups is 1. The molecule has 1 aromatic heterocycles. The predicted octanol–water partition coefficient (Wildman–Crippen LogP) is 1.29. The van der Waals surface area contributed by atoms with Crippen molar-refractivity contribution in [2.75, 3.05) is 6.54 Å². The lowest BCUT2D eigenvalue weighted by Gasteiger charge is -1.87. The molecule has 1 heterocycles. The number of aryl methyl sites for hydroxylation is 1. The SMILES string of the molecule is Cc1nc(C#CCN=[N+]=[N-])c([N+](=O)[O-])[nH]1. The second-order valence-corrected chi connectivity index (χ2v) is 2.47. The van der Waals surface area contributed by atoms with Crippen molar-refractivity contribution < 1.29 is 4.92 Å². The van der Waals surface area contributed by atoms with Gasteiger partial charge in [-0.25, -0.2) is 4.98 Å². The van der Waals surface area contributed by atoms with Crippen molar-refractivity contribution in [1.82, 2.24) is 9.97 Å². The Morgan fingerprint density at radius 1 is 1.80 bits per heavy atom. The normalized spacial score (nSPS) is 8.60. The topological polar surface area (TPSA) is 121 Å². The third-order valence-corrected chi connectivity index (χ3v) is 1.41. The van der Waals surface area contributed by atoms with Crippen LogP contribution in [0.15, 0.2) is 5.11 Å². The summed E-state index contributed by atoms with van der Waals surface area (Å²) in [4.78, 5) is 18.7. The van der Waals surface area contributed by atoms with E-state index in [9.17, 15) is 10.1 Å².